The summed E-state index contributed by atoms with van der Waals surface area (Å²) in [6.45, 7) is 2.10. The standard InChI is InChI=1S/C10H16N2O3S3/c1-3-4-18(13,14)6-8-12-7(5-15-2)9(17-8)10(11)16/h3-6H2,1-2H3,(H2,11,16). The molecule has 0 saturated heterocycles. The van der Waals surface area contributed by atoms with Gasteiger partial charge >= 0.3 is 0 Å². The molecule has 0 bridgehead atoms. The smallest absolute Gasteiger partial charge is 0.156 e. The number of nitrogens with two attached hydrogens (primary N) is 1. The van der Waals surface area contributed by atoms with Gasteiger partial charge in [0.05, 0.1) is 22.9 Å². The number of nitrogens with zero attached hydrogens (tertiary/aromatic N) is 1. The molecule has 0 aromatic carbocycles. The third-order valence-electron chi connectivity index (χ3n) is 2.11. The van der Waals surface area contributed by atoms with Gasteiger partial charge in [0.2, 0.25) is 0 Å². The van der Waals surface area contributed by atoms with Crippen LogP contribution in [0.25, 0.3) is 0 Å². The van der Waals surface area contributed by atoms with Gasteiger partial charge in [0, 0.05) is 7.11 Å². The Morgan fingerprint density at radius 2 is 2.22 bits per heavy atom. The lowest BCUT2D eigenvalue weighted by molar-refractivity contribution is 0.182. The van der Waals surface area contributed by atoms with E-state index in [0.29, 0.717) is 22.0 Å². The summed E-state index contributed by atoms with van der Waals surface area (Å²) in [6.07, 6.45) is 0.598. The molecule has 8 heteroatoms. The molecule has 0 aliphatic heterocycles. The SMILES string of the molecule is CCCS(=O)(=O)Cc1nc(COC)c(C(N)=S)s1. The number of thiocarbonyl (C=S) groups is 1. The zero-order valence-corrected chi connectivity index (χ0v) is 12.8. The van der Waals surface area contributed by atoms with Crippen LogP contribution >= 0.6 is 23.6 Å². The minimum absolute atomic E-state index is 0.0646. The molecule has 1 rings (SSSR count). The molecule has 1 aromatic rings. The van der Waals surface area contributed by atoms with Gasteiger partial charge < -0.3 is 10.5 Å². The monoisotopic (exact) mass is 308 g/mol. The number of rotatable bonds is 7. The average molecular weight is 308 g/mol. The van der Waals surface area contributed by atoms with E-state index in [2.05, 4.69) is 4.98 Å². The molecule has 0 aliphatic rings. The van der Waals surface area contributed by atoms with Gasteiger partial charge in [-0.25, -0.2) is 13.4 Å². The van der Waals surface area contributed by atoms with Crippen molar-refractivity contribution in [1.82, 2.24) is 4.98 Å². The largest absolute Gasteiger partial charge is 0.389 e. The molecule has 0 radical (unpaired) electrons. The Morgan fingerprint density at radius 3 is 2.72 bits per heavy atom. The van der Waals surface area contributed by atoms with E-state index in [-0.39, 0.29) is 23.1 Å². The average Bonchev–Trinajstić information content (AvgIpc) is 2.60. The lowest BCUT2D eigenvalue weighted by Gasteiger charge is -1.98. The molecule has 0 amide bonds. The van der Waals surface area contributed by atoms with Crippen molar-refractivity contribution in [1.29, 1.82) is 0 Å². The minimum atomic E-state index is -3.11. The summed E-state index contributed by atoms with van der Waals surface area (Å²) in [4.78, 5) is 5.09. The van der Waals surface area contributed by atoms with E-state index in [1.807, 2.05) is 6.92 Å². The zero-order valence-electron chi connectivity index (χ0n) is 10.3. The molecule has 0 fully saturated rings. The molecule has 1 heterocycles. The van der Waals surface area contributed by atoms with Crippen LogP contribution < -0.4 is 5.73 Å². The first-order valence-corrected chi connectivity index (χ1v) is 8.42. The fourth-order valence-electron chi connectivity index (χ4n) is 1.46. The second-order valence-electron chi connectivity index (χ2n) is 3.77. The van der Waals surface area contributed by atoms with Gasteiger partial charge in [-0.3, -0.25) is 0 Å². The van der Waals surface area contributed by atoms with Crippen molar-refractivity contribution in [3.8, 4) is 0 Å². The second kappa shape index (κ2) is 6.55. The van der Waals surface area contributed by atoms with Crippen LogP contribution in [0.15, 0.2) is 0 Å². The van der Waals surface area contributed by atoms with Crippen LogP contribution in [0.4, 0.5) is 0 Å². The molecule has 102 valence electrons. The Bertz CT molecular complexity index is 522. The molecule has 0 spiro atoms. The Balaban J connectivity index is 2.98. The van der Waals surface area contributed by atoms with Gasteiger partial charge in [0.1, 0.15) is 15.7 Å². The summed E-state index contributed by atoms with van der Waals surface area (Å²) in [5.41, 5.74) is 6.19. The molecular weight excluding hydrogens is 292 g/mol. The number of methoxy groups -OCH3 is 1. The van der Waals surface area contributed by atoms with Crippen molar-refractivity contribution in [2.24, 2.45) is 5.73 Å². The highest BCUT2D eigenvalue weighted by Crippen LogP contribution is 2.21. The van der Waals surface area contributed by atoms with E-state index in [1.54, 1.807) is 0 Å². The number of hydrogen-bond acceptors (Lipinski definition) is 6. The summed E-state index contributed by atoms with van der Waals surface area (Å²) in [5, 5.41) is 0.512. The van der Waals surface area contributed by atoms with E-state index >= 15 is 0 Å². The first-order valence-electron chi connectivity index (χ1n) is 5.37. The van der Waals surface area contributed by atoms with Crippen LogP contribution in [0.5, 0.6) is 0 Å². The molecular formula is C10H16N2O3S3. The highest BCUT2D eigenvalue weighted by atomic mass is 32.2. The van der Waals surface area contributed by atoms with Crippen molar-refractivity contribution in [2.45, 2.75) is 25.7 Å². The van der Waals surface area contributed by atoms with Gasteiger partial charge in [0.15, 0.2) is 9.84 Å². The number of ether oxygens (including phenoxy) is 1. The van der Waals surface area contributed by atoms with Crippen LogP contribution in [0.3, 0.4) is 0 Å². The third kappa shape index (κ3) is 4.27. The predicted octanol–water partition coefficient (Wildman–Crippen LogP) is 1.25. The molecule has 2 N–H and O–H groups in total. The highest BCUT2D eigenvalue weighted by molar-refractivity contribution is 7.90. The summed E-state index contributed by atoms with van der Waals surface area (Å²) < 4.78 is 28.4. The van der Waals surface area contributed by atoms with Crippen LogP contribution in [0.2, 0.25) is 0 Å². The topological polar surface area (TPSA) is 82.3 Å². The van der Waals surface area contributed by atoms with E-state index in [9.17, 15) is 8.42 Å². The Kier molecular flexibility index (Phi) is 5.64. The van der Waals surface area contributed by atoms with Gasteiger partial charge in [-0.1, -0.05) is 19.1 Å². The van der Waals surface area contributed by atoms with E-state index in [1.165, 1.54) is 18.4 Å². The molecule has 18 heavy (non-hydrogen) atoms. The van der Waals surface area contributed by atoms with Crippen molar-refractivity contribution >= 4 is 38.4 Å². The van der Waals surface area contributed by atoms with Gasteiger partial charge in [-0.15, -0.1) is 11.3 Å². The molecule has 1 aromatic heterocycles. The van der Waals surface area contributed by atoms with Crippen molar-refractivity contribution in [3.63, 3.8) is 0 Å². The van der Waals surface area contributed by atoms with Crippen LogP contribution in [-0.4, -0.2) is 31.3 Å². The Hall–Kier alpha value is -0.570. The van der Waals surface area contributed by atoms with Gasteiger partial charge in [0.25, 0.3) is 0 Å². The maximum Gasteiger partial charge on any atom is 0.156 e. The van der Waals surface area contributed by atoms with Crippen LogP contribution in [0.1, 0.15) is 28.9 Å². The first-order chi connectivity index (χ1) is 8.39. The van der Waals surface area contributed by atoms with Crippen LogP contribution in [-0.2, 0) is 26.9 Å². The summed E-state index contributed by atoms with van der Waals surface area (Å²) >= 11 is 6.14. The normalized spacial score (nSPS) is 11.7. The number of sulfone groups is 1. The number of hydrogen-bond donors (Lipinski definition) is 1. The highest BCUT2D eigenvalue weighted by Gasteiger charge is 2.18. The lowest BCUT2D eigenvalue weighted by atomic mass is 10.4. The van der Waals surface area contributed by atoms with Crippen molar-refractivity contribution in [3.05, 3.63) is 15.6 Å². The maximum absolute atomic E-state index is 11.7. The summed E-state index contributed by atoms with van der Waals surface area (Å²) in [6, 6.07) is 0. The zero-order chi connectivity index (χ0) is 13.8. The summed E-state index contributed by atoms with van der Waals surface area (Å²) in [7, 11) is -1.57. The molecule has 0 aliphatic carbocycles. The lowest BCUT2D eigenvalue weighted by Crippen LogP contribution is -2.10. The van der Waals surface area contributed by atoms with Gasteiger partial charge in [-0.2, -0.15) is 0 Å². The van der Waals surface area contributed by atoms with Crippen LogP contribution in [0, 0.1) is 0 Å². The third-order valence-corrected chi connectivity index (χ3v) is 5.50. The summed E-state index contributed by atoms with van der Waals surface area (Å²) in [5.74, 6) is 0.0967. The van der Waals surface area contributed by atoms with Crippen molar-refractivity contribution < 1.29 is 13.2 Å². The first kappa shape index (κ1) is 15.5. The van der Waals surface area contributed by atoms with E-state index in [0.717, 1.165) is 0 Å². The fraction of sp³-hybridized carbons (Fsp3) is 0.600. The Labute approximate surface area is 116 Å². The maximum atomic E-state index is 11.7. The molecule has 0 atom stereocenters. The predicted molar refractivity (Wildman–Crippen MR) is 76.5 cm³/mol. The van der Waals surface area contributed by atoms with Gasteiger partial charge in [-0.05, 0) is 6.42 Å². The van der Waals surface area contributed by atoms with E-state index < -0.39 is 9.84 Å². The quantitative estimate of drug-likeness (QED) is 0.763. The molecule has 0 saturated carbocycles. The number of aromatic nitrogens is 1. The molecule has 0 unspecified atom stereocenters. The molecule has 5 nitrogen and oxygen atoms in total. The van der Waals surface area contributed by atoms with E-state index in [4.69, 9.17) is 22.7 Å². The Morgan fingerprint density at radius 1 is 1.56 bits per heavy atom. The number of thiazole rings is 1. The second-order valence-corrected chi connectivity index (χ2v) is 7.48. The van der Waals surface area contributed by atoms with Crippen molar-refractivity contribution in [2.75, 3.05) is 12.9 Å². The fourth-order valence-corrected chi connectivity index (χ4v) is 4.40. The minimum Gasteiger partial charge on any atom is -0.389 e.